The Morgan fingerprint density at radius 2 is 2.00 bits per heavy atom. The first-order chi connectivity index (χ1) is 13.6. The molecule has 146 valence electrons. The van der Waals surface area contributed by atoms with Crippen LogP contribution in [0, 0.1) is 12.7 Å². The molecule has 1 fully saturated rings. The average Bonchev–Trinajstić information content (AvgIpc) is 3.43. The molecule has 2 aromatic carbocycles. The van der Waals surface area contributed by atoms with Crippen molar-refractivity contribution in [3.8, 4) is 0 Å². The van der Waals surface area contributed by atoms with Crippen LogP contribution in [0.15, 0.2) is 53.5 Å². The number of rotatable bonds is 6. The number of halogens is 1. The second kappa shape index (κ2) is 7.62. The second-order valence-electron chi connectivity index (χ2n) is 7.44. The van der Waals surface area contributed by atoms with E-state index in [9.17, 15) is 4.39 Å². The molecule has 0 spiro atoms. The molecule has 0 aliphatic heterocycles. The minimum atomic E-state index is -0.172. The summed E-state index contributed by atoms with van der Waals surface area (Å²) in [7, 11) is 1.77. The van der Waals surface area contributed by atoms with Crippen molar-refractivity contribution in [2.75, 3.05) is 20.1 Å². The summed E-state index contributed by atoms with van der Waals surface area (Å²) >= 11 is 0. The number of imidazole rings is 1. The van der Waals surface area contributed by atoms with Gasteiger partial charge in [0.25, 0.3) is 0 Å². The average molecular weight is 379 g/mol. The summed E-state index contributed by atoms with van der Waals surface area (Å²) in [6.45, 7) is 4.34. The molecule has 1 aromatic heterocycles. The van der Waals surface area contributed by atoms with Gasteiger partial charge in [-0.2, -0.15) is 0 Å². The molecular formula is C22H26FN5. The Hall–Kier alpha value is -2.89. The minimum Gasteiger partial charge on any atom is -0.356 e. The number of nitrogens with zero attached hydrogens (tertiary/aromatic N) is 3. The maximum absolute atomic E-state index is 13.6. The number of fused-ring (bicyclic) bond motifs is 1. The molecule has 5 nitrogen and oxygen atoms in total. The Kier molecular flexibility index (Phi) is 5.03. The largest absolute Gasteiger partial charge is 0.356 e. The predicted molar refractivity (Wildman–Crippen MR) is 111 cm³/mol. The van der Waals surface area contributed by atoms with Gasteiger partial charge < -0.3 is 15.2 Å². The van der Waals surface area contributed by atoms with Crippen molar-refractivity contribution in [1.82, 2.24) is 20.2 Å². The van der Waals surface area contributed by atoms with E-state index in [0.717, 1.165) is 60.9 Å². The van der Waals surface area contributed by atoms with Crippen LogP contribution >= 0.6 is 0 Å². The number of nitrogens with one attached hydrogen (secondary N) is 2. The van der Waals surface area contributed by atoms with E-state index in [1.165, 1.54) is 6.07 Å². The Morgan fingerprint density at radius 3 is 2.75 bits per heavy atom. The molecule has 28 heavy (non-hydrogen) atoms. The van der Waals surface area contributed by atoms with Crippen LogP contribution in [-0.4, -0.2) is 35.6 Å². The van der Waals surface area contributed by atoms with Crippen molar-refractivity contribution in [2.45, 2.75) is 31.7 Å². The van der Waals surface area contributed by atoms with Crippen LogP contribution in [0.25, 0.3) is 11.0 Å². The van der Waals surface area contributed by atoms with Crippen molar-refractivity contribution in [2.24, 2.45) is 4.99 Å². The van der Waals surface area contributed by atoms with Crippen LogP contribution in [0.3, 0.4) is 0 Å². The maximum Gasteiger partial charge on any atom is 0.191 e. The van der Waals surface area contributed by atoms with Crippen LogP contribution in [-0.2, 0) is 12.0 Å². The SMILES string of the molecule is CN=C(NCCn1c(C)nc2ccccc21)NCC1(c2cccc(F)c2)CC1. The van der Waals surface area contributed by atoms with Gasteiger partial charge in [-0.3, -0.25) is 4.99 Å². The third-order valence-corrected chi connectivity index (χ3v) is 5.58. The fourth-order valence-electron chi connectivity index (χ4n) is 3.77. The molecule has 1 aliphatic rings. The fraction of sp³-hybridized carbons (Fsp3) is 0.364. The quantitative estimate of drug-likeness (QED) is 0.510. The topological polar surface area (TPSA) is 54.2 Å². The molecule has 3 aromatic rings. The molecule has 1 aliphatic carbocycles. The standard InChI is InChI=1S/C22H26FN5/c1-16-27-19-8-3-4-9-20(19)28(16)13-12-25-21(24-2)26-15-22(10-11-22)17-6-5-7-18(23)14-17/h3-9,14H,10-13,15H2,1-2H3,(H2,24,25,26). The van der Waals surface area contributed by atoms with E-state index in [1.807, 2.05) is 31.2 Å². The smallest absolute Gasteiger partial charge is 0.191 e. The summed E-state index contributed by atoms with van der Waals surface area (Å²) in [5, 5.41) is 6.79. The molecule has 0 unspecified atom stereocenters. The number of aliphatic imine (C=N–C) groups is 1. The molecule has 1 saturated carbocycles. The predicted octanol–water partition coefficient (Wildman–Crippen LogP) is 3.38. The molecule has 4 rings (SSSR count). The highest BCUT2D eigenvalue weighted by molar-refractivity contribution is 5.80. The van der Waals surface area contributed by atoms with Gasteiger partial charge in [0.15, 0.2) is 5.96 Å². The molecule has 6 heteroatoms. The lowest BCUT2D eigenvalue weighted by atomic mass is 9.96. The molecule has 1 heterocycles. The van der Waals surface area contributed by atoms with Crippen molar-refractivity contribution in [3.05, 3.63) is 65.7 Å². The second-order valence-corrected chi connectivity index (χ2v) is 7.44. The number of benzene rings is 2. The van der Waals surface area contributed by atoms with E-state index >= 15 is 0 Å². The number of hydrogen-bond donors (Lipinski definition) is 2. The Morgan fingerprint density at radius 1 is 1.18 bits per heavy atom. The highest BCUT2D eigenvalue weighted by atomic mass is 19.1. The third kappa shape index (κ3) is 3.72. The Bertz CT molecular complexity index is 1000. The first-order valence-corrected chi connectivity index (χ1v) is 9.74. The van der Waals surface area contributed by atoms with Gasteiger partial charge in [-0.1, -0.05) is 24.3 Å². The summed E-state index contributed by atoms with van der Waals surface area (Å²) in [5.74, 6) is 1.60. The van der Waals surface area contributed by atoms with Gasteiger partial charge in [0.2, 0.25) is 0 Å². The first-order valence-electron chi connectivity index (χ1n) is 9.74. The number of para-hydroxylation sites is 2. The molecule has 0 bridgehead atoms. The molecule has 0 atom stereocenters. The summed E-state index contributed by atoms with van der Waals surface area (Å²) in [6, 6.07) is 15.1. The lowest BCUT2D eigenvalue weighted by molar-refractivity contribution is 0.604. The summed E-state index contributed by atoms with van der Waals surface area (Å²) < 4.78 is 15.8. The van der Waals surface area contributed by atoms with Crippen LogP contribution in [0.1, 0.15) is 24.2 Å². The van der Waals surface area contributed by atoms with Gasteiger partial charge in [-0.15, -0.1) is 0 Å². The van der Waals surface area contributed by atoms with Crippen molar-refractivity contribution < 1.29 is 4.39 Å². The zero-order chi connectivity index (χ0) is 19.6. The summed E-state index contributed by atoms with van der Waals surface area (Å²) in [4.78, 5) is 8.94. The number of aryl methyl sites for hydroxylation is 1. The van der Waals surface area contributed by atoms with Crippen molar-refractivity contribution in [1.29, 1.82) is 0 Å². The zero-order valence-corrected chi connectivity index (χ0v) is 16.4. The van der Waals surface area contributed by atoms with Gasteiger partial charge in [-0.25, -0.2) is 9.37 Å². The molecule has 2 N–H and O–H groups in total. The highest BCUT2D eigenvalue weighted by Crippen LogP contribution is 2.47. The van der Waals surface area contributed by atoms with Crippen molar-refractivity contribution >= 4 is 17.0 Å². The number of aromatic nitrogens is 2. The van der Waals surface area contributed by atoms with Gasteiger partial charge >= 0.3 is 0 Å². The maximum atomic E-state index is 13.6. The van der Waals surface area contributed by atoms with E-state index in [-0.39, 0.29) is 11.2 Å². The van der Waals surface area contributed by atoms with Crippen LogP contribution in [0.5, 0.6) is 0 Å². The van der Waals surface area contributed by atoms with Gasteiger partial charge in [-0.05, 0) is 49.6 Å². The first kappa shape index (κ1) is 18.5. The lowest BCUT2D eigenvalue weighted by Gasteiger charge is -2.19. The highest BCUT2D eigenvalue weighted by Gasteiger charge is 2.44. The van der Waals surface area contributed by atoms with E-state index < -0.39 is 0 Å². The van der Waals surface area contributed by atoms with Crippen LogP contribution in [0.2, 0.25) is 0 Å². The normalized spacial score (nSPS) is 15.6. The minimum absolute atomic E-state index is 0.0247. The van der Waals surface area contributed by atoms with E-state index in [1.54, 1.807) is 19.2 Å². The van der Waals surface area contributed by atoms with Crippen molar-refractivity contribution in [3.63, 3.8) is 0 Å². The monoisotopic (exact) mass is 379 g/mol. The number of hydrogen-bond acceptors (Lipinski definition) is 2. The van der Waals surface area contributed by atoms with Gasteiger partial charge in [0, 0.05) is 32.1 Å². The van der Waals surface area contributed by atoms with E-state index in [4.69, 9.17) is 0 Å². The van der Waals surface area contributed by atoms with Crippen LogP contribution in [0.4, 0.5) is 4.39 Å². The zero-order valence-electron chi connectivity index (χ0n) is 16.4. The third-order valence-electron chi connectivity index (χ3n) is 5.58. The Balaban J connectivity index is 1.34. The van der Waals surface area contributed by atoms with E-state index in [2.05, 4.69) is 31.2 Å². The summed E-state index contributed by atoms with van der Waals surface area (Å²) in [6.07, 6.45) is 2.14. The Labute approximate surface area is 164 Å². The van der Waals surface area contributed by atoms with Crippen LogP contribution < -0.4 is 10.6 Å². The van der Waals surface area contributed by atoms with Gasteiger partial charge in [0.05, 0.1) is 11.0 Å². The molecule has 0 radical (unpaired) electrons. The van der Waals surface area contributed by atoms with Gasteiger partial charge in [0.1, 0.15) is 11.6 Å². The van der Waals surface area contributed by atoms with E-state index in [0.29, 0.717) is 0 Å². The summed E-state index contributed by atoms with van der Waals surface area (Å²) in [5.41, 5.74) is 3.26. The lowest BCUT2D eigenvalue weighted by Crippen LogP contribution is -2.42. The molecule has 0 saturated heterocycles. The number of guanidine groups is 1. The fourth-order valence-corrected chi connectivity index (χ4v) is 3.77. The molecule has 0 amide bonds. The molecular weight excluding hydrogens is 353 g/mol.